The van der Waals surface area contributed by atoms with Crippen molar-refractivity contribution in [3.8, 4) is 5.75 Å². The quantitative estimate of drug-likeness (QED) is 0.876. The van der Waals surface area contributed by atoms with Gasteiger partial charge in [0.1, 0.15) is 11.3 Å². The van der Waals surface area contributed by atoms with E-state index in [4.69, 9.17) is 4.74 Å². The van der Waals surface area contributed by atoms with E-state index in [9.17, 15) is 13.6 Å². The first-order chi connectivity index (χ1) is 9.79. The summed E-state index contributed by atoms with van der Waals surface area (Å²) in [6.45, 7) is 4.39. The van der Waals surface area contributed by atoms with E-state index in [2.05, 4.69) is 5.32 Å². The number of nitrogens with one attached hydrogen (secondary N) is 1. The Bertz CT molecular complexity index is 497. The molecule has 0 radical (unpaired) electrons. The van der Waals surface area contributed by atoms with Gasteiger partial charge in [-0.3, -0.25) is 4.79 Å². The van der Waals surface area contributed by atoms with Gasteiger partial charge in [0.05, 0.1) is 7.11 Å². The first kappa shape index (κ1) is 17.4. The smallest absolute Gasteiger partial charge is 0.258 e. The van der Waals surface area contributed by atoms with E-state index in [1.807, 2.05) is 32.8 Å². The van der Waals surface area contributed by atoms with Crippen LogP contribution in [0.1, 0.15) is 24.2 Å². The van der Waals surface area contributed by atoms with Gasteiger partial charge in [0, 0.05) is 12.6 Å². The Morgan fingerprint density at radius 2 is 1.95 bits per heavy atom. The number of hydrogen-bond donors (Lipinski definition) is 1. The Hall–Kier alpha value is -1.69. The molecule has 0 heterocycles. The molecule has 1 rings (SSSR count). The lowest BCUT2D eigenvalue weighted by atomic mass is 10.0. The molecule has 1 aromatic rings. The SMILES string of the molecule is COc1ccc(F)c(F)c1C(=O)NC[C@@H](C(C)C)N(C)C. The van der Waals surface area contributed by atoms with E-state index >= 15 is 0 Å². The molecule has 0 aromatic heterocycles. The Labute approximate surface area is 124 Å². The lowest BCUT2D eigenvalue weighted by Gasteiger charge is -2.28. The van der Waals surface area contributed by atoms with Crippen molar-refractivity contribution in [3.05, 3.63) is 29.3 Å². The fourth-order valence-electron chi connectivity index (χ4n) is 2.21. The molecule has 0 unspecified atom stereocenters. The minimum absolute atomic E-state index is 0.0114. The normalized spacial score (nSPS) is 12.6. The molecule has 0 fully saturated rings. The number of ether oxygens (including phenoxy) is 1. The van der Waals surface area contributed by atoms with Gasteiger partial charge >= 0.3 is 0 Å². The molecular formula is C15H22F2N2O2. The summed E-state index contributed by atoms with van der Waals surface area (Å²) in [5.41, 5.74) is -0.404. The lowest BCUT2D eigenvalue weighted by Crippen LogP contribution is -2.43. The van der Waals surface area contributed by atoms with Gasteiger partial charge in [-0.05, 0) is 32.1 Å². The van der Waals surface area contributed by atoms with Crippen molar-refractivity contribution in [1.29, 1.82) is 0 Å². The predicted molar refractivity (Wildman–Crippen MR) is 77.6 cm³/mol. The van der Waals surface area contributed by atoms with Crippen LogP contribution >= 0.6 is 0 Å². The molecule has 118 valence electrons. The number of methoxy groups -OCH3 is 1. The zero-order valence-corrected chi connectivity index (χ0v) is 13.0. The standard InChI is InChI=1S/C15H22F2N2O2/c1-9(2)11(19(3)4)8-18-15(20)13-12(21-5)7-6-10(16)14(13)17/h6-7,9,11H,8H2,1-5H3,(H,18,20)/t11-/m0/s1. The molecule has 0 saturated heterocycles. The van der Waals surface area contributed by atoms with Gasteiger partial charge in [-0.2, -0.15) is 0 Å². The summed E-state index contributed by atoms with van der Waals surface area (Å²) in [5.74, 6) is -2.64. The molecule has 1 aromatic carbocycles. The average molecular weight is 300 g/mol. The molecular weight excluding hydrogens is 278 g/mol. The third-order valence-corrected chi connectivity index (χ3v) is 3.41. The van der Waals surface area contributed by atoms with Crippen molar-refractivity contribution in [2.75, 3.05) is 27.7 Å². The minimum atomic E-state index is -1.20. The third kappa shape index (κ3) is 4.14. The molecule has 1 N–H and O–H groups in total. The number of rotatable bonds is 6. The maximum atomic E-state index is 13.8. The van der Waals surface area contributed by atoms with Crippen molar-refractivity contribution < 1.29 is 18.3 Å². The van der Waals surface area contributed by atoms with Crippen molar-refractivity contribution in [2.45, 2.75) is 19.9 Å². The second kappa shape index (κ2) is 7.36. The van der Waals surface area contributed by atoms with Gasteiger partial charge in [0.25, 0.3) is 5.91 Å². The average Bonchev–Trinajstić information content (AvgIpc) is 2.40. The maximum absolute atomic E-state index is 13.8. The van der Waals surface area contributed by atoms with Crippen molar-refractivity contribution in [2.24, 2.45) is 5.92 Å². The zero-order valence-electron chi connectivity index (χ0n) is 13.0. The van der Waals surface area contributed by atoms with E-state index in [-0.39, 0.29) is 11.8 Å². The van der Waals surface area contributed by atoms with Crippen LogP contribution in [0.5, 0.6) is 5.75 Å². The first-order valence-electron chi connectivity index (χ1n) is 6.76. The molecule has 0 aliphatic carbocycles. The monoisotopic (exact) mass is 300 g/mol. The van der Waals surface area contributed by atoms with E-state index < -0.39 is 23.1 Å². The molecule has 1 amide bonds. The molecule has 0 aliphatic rings. The molecule has 1 atom stereocenters. The van der Waals surface area contributed by atoms with Crippen LogP contribution in [0.25, 0.3) is 0 Å². The van der Waals surface area contributed by atoms with Gasteiger partial charge < -0.3 is 15.0 Å². The zero-order chi connectivity index (χ0) is 16.2. The van der Waals surface area contributed by atoms with E-state index in [1.54, 1.807) is 0 Å². The number of hydrogen-bond acceptors (Lipinski definition) is 3. The number of nitrogens with zero attached hydrogens (tertiary/aromatic N) is 1. The highest BCUT2D eigenvalue weighted by Gasteiger charge is 2.23. The van der Waals surface area contributed by atoms with Crippen LogP contribution in [0.2, 0.25) is 0 Å². The van der Waals surface area contributed by atoms with Gasteiger partial charge in [0.2, 0.25) is 0 Å². The Kier molecular flexibility index (Phi) is 6.08. The summed E-state index contributed by atoms with van der Waals surface area (Å²) in [7, 11) is 5.11. The van der Waals surface area contributed by atoms with E-state index in [1.165, 1.54) is 13.2 Å². The van der Waals surface area contributed by atoms with Crippen LogP contribution in [0.15, 0.2) is 12.1 Å². The minimum Gasteiger partial charge on any atom is -0.496 e. The number of halogens is 2. The van der Waals surface area contributed by atoms with Crippen LogP contribution in [-0.4, -0.2) is 44.6 Å². The number of benzene rings is 1. The third-order valence-electron chi connectivity index (χ3n) is 3.41. The van der Waals surface area contributed by atoms with Crippen LogP contribution in [0.3, 0.4) is 0 Å². The Morgan fingerprint density at radius 1 is 1.33 bits per heavy atom. The lowest BCUT2D eigenvalue weighted by molar-refractivity contribution is 0.0926. The highest BCUT2D eigenvalue weighted by atomic mass is 19.2. The predicted octanol–water partition coefficient (Wildman–Crippen LogP) is 2.29. The van der Waals surface area contributed by atoms with E-state index in [0.717, 1.165) is 6.07 Å². The molecule has 6 heteroatoms. The largest absolute Gasteiger partial charge is 0.496 e. The summed E-state index contributed by atoms with van der Waals surface area (Å²) in [5, 5.41) is 2.64. The van der Waals surface area contributed by atoms with Gasteiger partial charge in [0.15, 0.2) is 11.6 Å². The summed E-state index contributed by atoms with van der Waals surface area (Å²) in [6, 6.07) is 2.26. The Morgan fingerprint density at radius 3 is 2.43 bits per heavy atom. The molecule has 0 aliphatic heterocycles. The van der Waals surface area contributed by atoms with Crippen molar-refractivity contribution in [3.63, 3.8) is 0 Å². The second-order valence-corrected chi connectivity index (χ2v) is 5.42. The molecule has 0 bridgehead atoms. The van der Waals surface area contributed by atoms with Crippen molar-refractivity contribution in [1.82, 2.24) is 10.2 Å². The fraction of sp³-hybridized carbons (Fsp3) is 0.533. The number of likely N-dealkylation sites (N-methyl/N-ethyl adjacent to an activating group) is 1. The molecule has 0 saturated carbocycles. The van der Waals surface area contributed by atoms with Gasteiger partial charge in [-0.1, -0.05) is 13.8 Å². The maximum Gasteiger partial charge on any atom is 0.258 e. The molecule has 0 spiro atoms. The van der Waals surface area contributed by atoms with Crippen LogP contribution in [0, 0.1) is 17.6 Å². The number of amides is 1. The topological polar surface area (TPSA) is 41.6 Å². The number of carbonyl (C=O) groups excluding carboxylic acids is 1. The first-order valence-corrected chi connectivity index (χ1v) is 6.76. The van der Waals surface area contributed by atoms with Crippen LogP contribution < -0.4 is 10.1 Å². The summed E-state index contributed by atoms with van der Waals surface area (Å²) in [4.78, 5) is 14.1. The van der Waals surface area contributed by atoms with Crippen LogP contribution in [-0.2, 0) is 0 Å². The van der Waals surface area contributed by atoms with Crippen molar-refractivity contribution >= 4 is 5.91 Å². The highest BCUT2D eigenvalue weighted by molar-refractivity contribution is 5.97. The van der Waals surface area contributed by atoms with Crippen LogP contribution in [0.4, 0.5) is 8.78 Å². The molecule has 4 nitrogen and oxygen atoms in total. The summed E-state index contributed by atoms with van der Waals surface area (Å²) >= 11 is 0. The van der Waals surface area contributed by atoms with Gasteiger partial charge in [-0.25, -0.2) is 8.78 Å². The fourth-order valence-corrected chi connectivity index (χ4v) is 2.21. The van der Waals surface area contributed by atoms with Gasteiger partial charge in [-0.15, -0.1) is 0 Å². The number of carbonyl (C=O) groups is 1. The highest BCUT2D eigenvalue weighted by Crippen LogP contribution is 2.23. The summed E-state index contributed by atoms with van der Waals surface area (Å²) < 4.78 is 32.0. The summed E-state index contributed by atoms with van der Waals surface area (Å²) in [6.07, 6.45) is 0. The Balaban J connectivity index is 2.92. The second-order valence-electron chi connectivity index (χ2n) is 5.42. The molecule has 21 heavy (non-hydrogen) atoms. The van der Waals surface area contributed by atoms with E-state index in [0.29, 0.717) is 12.5 Å².